The Morgan fingerprint density at radius 3 is 2.32 bits per heavy atom. The quantitative estimate of drug-likeness (QED) is 0.525. The van der Waals surface area contributed by atoms with Crippen LogP contribution < -0.4 is 16.0 Å². The predicted molar refractivity (Wildman–Crippen MR) is 68.6 cm³/mol. The number of carbonyl (C=O) groups excluding carboxylic acids is 2. The summed E-state index contributed by atoms with van der Waals surface area (Å²) in [5.74, 6) is -1.13. The van der Waals surface area contributed by atoms with Gasteiger partial charge in [-0.2, -0.15) is 0 Å². The number of amides is 3. The second-order valence-corrected chi connectivity index (χ2v) is 5.03. The molecule has 0 aromatic rings. The van der Waals surface area contributed by atoms with Crippen molar-refractivity contribution in [1.29, 1.82) is 0 Å². The van der Waals surface area contributed by atoms with Gasteiger partial charge in [-0.15, -0.1) is 0 Å². The van der Waals surface area contributed by atoms with Crippen LogP contribution in [0.1, 0.15) is 33.1 Å². The van der Waals surface area contributed by atoms with E-state index >= 15 is 0 Å². The standard InChI is InChI=1S/C12H21N3O4/c1-7(2)14-9(16)5-6-13-12(19)15-10(11(17)18)8-3-4-8/h7-8,10H,3-6H2,1-2H3,(H,14,16)(H,17,18)(H2,13,15,19). The van der Waals surface area contributed by atoms with Crippen molar-refractivity contribution >= 4 is 17.9 Å². The lowest BCUT2D eigenvalue weighted by molar-refractivity contribution is -0.139. The highest BCUT2D eigenvalue weighted by Gasteiger charge is 2.37. The molecular formula is C12H21N3O4. The normalized spacial score (nSPS) is 15.7. The molecule has 0 aliphatic heterocycles. The van der Waals surface area contributed by atoms with Gasteiger partial charge >= 0.3 is 12.0 Å². The van der Waals surface area contributed by atoms with Gasteiger partial charge in [0.25, 0.3) is 0 Å². The third-order valence-corrected chi connectivity index (χ3v) is 2.73. The number of carboxylic acids is 1. The third-order valence-electron chi connectivity index (χ3n) is 2.73. The number of carboxylic acid groups (broad SMARTS) is 1. The molecule has 7 nitrogen and oxygen atoms in total. The van der Waals surface area contributed by atoms with E-state index in [1.165, 1.54) is 0 Å². The van der Waals surface area contributed by atoms with Crippen LogP contribution in [0.3, 0.4) is 0 Å². The summed E-state index contributed by atoms with van der Waals surface area (Å²) in [6.07, 6.45) is 1.83. The Labute approximate surface area is 112 Å². The molecule has 1 fully saturated rings. The first kappa shape index (κ1) is 15.3. The zero-order valence-electron chi connectivity index (χ0n) is 11.2. The van der Waals surface area contributed by atoms with E-state index in [4.69, 9.17) is 5.11 Å². The van der Waals surface area contributed by atoms with Crippen LogP contribution in [0, 0.1) is 5.92 Å². The average molecular weight is 271 g/mol. The predicted octanol–water partition coefficient (Wildman–Crippen LogP) is 0.0635. The number of hydrogen-bond acceptors (Lipinski definition) is 3. The van der Waals surface area contributed by atoms with Gasteiger partial charge in [0.15, 0.2) is 0 Å². The molecule has 0 heterocycles. The van der Waals surface area contributed by atoms with Crippen molar-refractivity contribution in [3.05, 3.63) is 0 Å². The summed E-state index contributed by atoms with van der Waals surface area (Å²) >= 11 is 0. The van der Waals surface area contributed by atoms with Crippen molar-refractivity contribution < 1.29 is 19.5 Å². The maximum atomic E-state index is 11.5. The number of hydrogen-bond donors (Lipinski definition) is 4. The summed E-state index contributed by atoms with van der Waals surface area (Å²) in [6.45, 7) is 3.89. The highest BCUT2D eigenvalue weighted by molar-refractivity contribution is 5.83. The molecule has 1 aliphatic rings. The molecule has 0 aromatic carbocycles. The topological polar surface area (TPSA) is 108 Å². The van der Waals surface area contributed by atoms with Gasteiger partial charge in [0, 0.05) is 19.0 Å². The highest BCUT2D eigenvalue weighted by Crippen LogP contribution is 2.32. The van der Waals surface area contributed by atoms with Crippen LogP contribution in [-0.4, -0.2) is 41.6 Å². The van der Waals surface area contributed by atoms with Crippen LogP contribution >= 0.6 is 0 Å². The zero-order chi connectivity index (χ0) is 14.4. The van der Waals surface area contributed by atoms with Crippen molar-refractivity contribution in [3.8, 4) is 0 Å². The van der Waals surface area contributed by atoms with Crippen LogP contribution in [0.25, 0.3) is 0 Å². The number of aliphatic carboxylic acids is 1. The van der Waals surface area contributed by atoms with Gasteiger partial charge in [-0.05, 0) is 32.6 Å². The molecule has 1 unspecified atom stereocenters. The molecule has 1 rings (SSSR count). The van der Waals surface area contributed by atoms with Gasteiger partial charge in [-0.25, -0.2) is 9.59 Å². The van der Waals surface area contributed by atoms with Crippen molar-refractivity contribution in [1.82, 2.24) is 16.0 Å². The van der Waals surface area contributed by atoms with Crippen molar-refractivity contribution in [2.24, 2.45) is 5.92 Å². The lowest BCUT2D eigenvalue weighted by Crippen LogP contribution is -2.47. The van der Waals surface area contributed by atoms with Gasteiger partial charge < -0.3 is 21.1 Å². The molecule has 0 radical (unpaired) electrons. The molecule has 0 saturated heterocycles. The molecule has 0 spiro atoms. The van der Waals surface area contributed by atoms with E-state index in [2.05, 4.69) is 16.0 Å². The minimum atomic E-state index is -1.02. The minimum Gasteiger partial charge on any atom is -0.480 e. The number of nitrogens with one attached hydrogen (secondary N) is 3. The number of rotatable bonds is 7. The largest absolute Gasteiger partial charge is 0.480 e. The Balaban J connectivity index is 2.20. The monoisotopic (exact) mass is 271 g/mol. The van der Waals surface area contributed by atoms with Gasteiger partial charge in [-0.3, -0.25) is 4.79 Å². The molecule has 0 aromatic heterocycles. The Morgan fingerprint density at radius 2 is 1.84 bits per heavy atom. The molecule has 1 aliphatic carbocycles. The Hall–Kier alpha value is -1.79. The second-order valence-electron chi connectivity index (χ2n) is 5.03. The molecule has 1 saturated carbocycles. The van der Waals surface area contributed by atoms with Crippen LogP contribution in [0.15, 0.2) is 0 Å². The average Bonchev–Trinajstić information content (AvgIpc) is 3.08. The summed E-state index contributed by atoms with van der Waals surface area (Å²) in [7, 11) is 0. The molecule has 1 atom stereocenters. The molecule has 19 heavy (non-hydrogen) atoms. The van der Waals surface area contributed by atoms with Crippen molar-refractivity contribution in [3.63, 3.8) is 0 Å². The van der Waals surface area contributed by atoms with Crippen LogP contribution in [0.2, 0.25) is 0 Å². The summed E-state index contributed by atoms with van der Waals surface area (Å²) in [6, 6.07) is -1.31. The first-order valence-corrected chi connectivity index (χ1v) is 6.46. The first-order valence-electron chi connectivity index (χ1n) is 6.46. The zero-order valence-corrected chi connectivity index (χ0v) is 11.2. The fourth-order valence-electron chi connectivity index (χ4n) is 1.69. The van der Waals surface area contributed by atoms with Crippen LogP contribution in [0.4, 0.5) is 4.79 Å². The molecular weight excluding hydrogens is 250 g/mol. The van der Waals surface area contributed by atoms with E-state index in [0.717, 1.165) is 12.8 Å². The molecule has 0 bridgehead atoms. The SMILES string of the molecule is CC(C)NC(=O)CCNC(=O)NC(C(=O)O)C1CC1. The van der Waals surface area contributed by atoms with Gasteiger partial charge in [0.2, 0.25) is 5.91 Å². The lowest BCUT2D eigenvalue weighted by atomic mass is 10.2. The van der Waals surface area contributed by atoms with Gasteiger partial charge in [-0.1, -0.05) is 0 Å². The first-order chi connectivity index (χ1) is 8.90. The third kappa shape index (κ3) is 6.08. The van der Waals surface area contributed by atoms with Crippen LogP contribution in [0.5, 0.6) is 0 Å². The Morgan fingerprint density at radius 1 is 1.21 bits per heavy atom. The van der Waals surface area contributed by atoms with E-state index in [1.807, 2.05) is 13.8 Å². The molecule has 7 heteroatoms. The Bertz CT molecular complexity index is 353. The van der Waals surface area contributed by atoms with E-state index in [0.29, 0.717) is 0 Å². The maximum absolute atomic E-state index is 11.5. The maximum Gasteiger partial charge on any atom is 0.326 e. The summed E-state index contributed by atoms with van der Waals surface area (Å²) in [5, 5.41) is 16.5. The fourth-order valence-corrected chi connectivity index (χ4v) is 1.69. The molecule has 4 N–H and O–H groups in total. The lowest BCUT2D eigenvalue weighted by Gasteiger charge is -2.14. The fraction of sp³-hybridized carbons (Fsp3) is 0.750. The number of urea groups is 1. The van der Waals surface area contributed by atoms with E-state index in [1.54, 1.807) is 0 Å². The summed E-state index contributed by atoms with van der Waals surface area (Å²) < 4.78 is 0. The van der Waals surface area contributed by atoms with Gasteiger partial charge in [0.1, 0.15) is 6.04 Å². The van der Waals surface area contributed by atoms with E-state index in [-0.39, 0.29) is 30.8 Å². The van der Waals surface area contributed by atoms with Crippen molar-refractivity contribution in [2.45, 2.75) is 45.2 Å². The summed E-state index contributed by atoms with van der Waals surface area (Å²) in [4.78, 5) is 33.7. The highest BCUT2D eigenvalue weighted by atomic mass is 16.4. The minimum absolute atomic E-state index is 0.0347. The van der Waals surface area contributed by atoms with E-state index in [9.17, 15) is 14.4 Å². The van der Waals surface area contributed by atoms with Crippen LogP contribution in [-0.2, 0) is 9.59 Å². The van der Waals surface area contributed by atoms with Gasteiger partial charge in [0.05, 0.1) is 0 Å². The smallest absolute Gasteiger partial charge is 0.326 e. The number of carbonyl (C=O) groups is 3. The summed E-state index contributed by atoms with van der Waals surface area (Å²) in [5.41, 5.74) is 0. The molecule has 108 valence electrons. The van der Waals surface area contributed by atoms with Crippen molar-refractivity contribution in [2.75, 3.05) is 6.54 Å². The molecule has 3 amide bonds. The van der Waals surface area contributed by atoms with E-state index < -0.39 is 18.0 Å². The Kier molecular flexibility index (Phi) is 5.59. The second kappa shape index (κ2) is 6.96.